The Labute approximate surface area is 206 Å². The second kappa shape index (κ2) is 8.69. The molecule has 0 aromatic carbocycles. The summed E-state index contributed by atoms with van der Waals surface area (Å²) in [6, 6.07) is 4.15. The first-order chi connectivity index (χ1) is 17.3. The second-order valence-corrected chi connectivity index (χ2v) is 9.80. The molecule has 1 N–H and O–H groups in total. The van der Waals surface area contributed by atoms with Crippen molar-refractivity contribution in [2.24, 2.45) is 0 Å². The quantitative estimate of drug-likeness (QED) is 0.521. The number of hydrogen-bond acceptors (Lipinski definition) is 7. The zero-order valence-electron chi connectivity index (χ0n) is 20.2. The SMILES string of the molecule is Cc1noc(C)c1-c1ccc2c(n1)CC=C2c1nc(N[C@H]2CC[C@@H]2N2CCCC2)ncc1C(F)(F)F. The molecule has 0 unspecified atom stereocenters. The maximum absolute atomic E-state index is 14.0. The number of halogens is 3. The number of fused-ring (bicyclic) bond motifs is 1. The lowest BCUT2D eigenvalue weighted by atomic mass is 9.85. The molecule has 1 aliphatic heterocycles. The van der Waals surface area contributed by atoms with Gasteiger partial charge in [-0.2, -0.15) is 13.2 Å². The van der Waals surface area contributed by atoms with Gasteiger partial charge in [0.05, 0.1) is 28.3 Å². The molecular formula is C26H27F3N6O. The van der Waals surface area contributed by atoms with Crippen molar-refractivity contribution >= 4 is 11.5 Å². The number of nitrogens with one attached hydrogen (secondary N) is 1. The van der Waals surface area contributed by atoms with Gasteiger partial charge in [0.1, 0.15) is 11.3 Å². The van der Waals surface area contributed by atoms with E-state index in [4.69, 9.17) is 9.51 Å². The molecule has 2 fully saturated rings. The van der Waals surface area contributed by atoms with E-state index in [1.54, 1.807) is 12.1 Å². The molecular weight excluding hydrogens is 469 g/mol. The minimum Gasteiger partial charge on any atom is -0.361 e. The molecule has 4 heterocycles. The Bertz CT molecular complexity index is 1320. The van der Waals surface area contributed by atoms with Crippen LogP contribution in [0.1, 0.15) is 59.7 Å². The van der Waals surface area contributed by atoms with Gasteiger partial charge in [0.2, 0.25) is 5.95 Å². The summed E-state index contributed by atoms with van der Waals surface area (Å²) in [5.41, 5.74) is 3.07. The van der Waals surface area contributed by atoms with Crippen LogP contribution in [0, 0.1) is 13.8 Å². The van der Waals surface area contributed by atoms with Crippen LogP contribution in [0.3, 0.4) is 0 Å². The third-order valence-electron chi connectivity index (χ3n) is 7.56. The smallest absolute Gasteiger partial charge is 0.361 e. The molecule has 6 rings (SSSR count). The van der Waals surface area contributed by atoms with Crippen LogP contribution < -0.4 is 5.32 Å². The van der Waals surface area contributed by atoms with Crippen molar-refractivity contribution in [3.05, 3.63) is 58.4 Å². The van der Waals surface area contributed by atoms with Gasteiger partial charge in [0.25, 0.3) is 0 Å². The fourth-order valence-corrected chi connectivity index (χ4v) is 5.61. The highest BCUT2D eigenvalue weighted by atomic mass is 19.4. The lowest BCUT2D eigenvalue weighted by molar-refractivity contribution is -0.138. The van der Waals surface area contributed by atoms with Crippen LogP contribution in [-0.4, -0.2) is 50.2 Å². The first kappa shape index (κ1) is 23.1. The van der Waals surface area contributed by atoms with Gasteiger partial charge in [-0.05, 0) is 58.7 Å². The molecule has 0 spiro atoms. The lowest BCUT2D eigenvalue weighted by Gasteiger charge is -2.43. The highest BCUT2D eigenvalue weighted by molar-refractivity contribution is 5.85. The Hall–Kier alpha value is -3.27. The molecule has 1 saturated carbocycles. The molecule has 188 valence electrons. The molecule has 3 aliphatic rings. The Morgan fingerprint density at radius 2 is 1.89 bits per heavy atom. The number of pyridine rings is 1. The largest absolute Gasteiger partial charge is 0.419 e. The first-order valence-electron chi connectivity index (χ1n) is 12.4. The van der Waals surface area contributed by atoms with E-state index in [2.05, 4.69) is 25.3 Å². The van der Waals surface area contributed by atoms with Crippen molar-refractivity contribution in [2.75, 3.05) is 18.4 Å². The van der Waals surface area contributed by atoms with Crippen molar-refractivity contribution in [1.29, 1.82) is 0 Å². The molecule has 3 aromatic heterocycles. The Morgan fingerprint density at radius 1 is 1.08 bits per heavy atom. The first-order valence-corrected chi connectivity index (χ1v) is 12.4. The number of likely N-dealkylation sites (tertiary alicyclic amines) is 1. The molecule has 0 bridgehead atoms. The van der Waals surface area contributed by atoms with Crippen LogP contribution in [-0.2, 0) is 12.6 Å². The Morgan fingerprint density at radius 3 is 2.56 bits per heavy atom. The molecule has 7 nitrogen and oxygen atoms in total. The van der Waals surface area contributed by atoms with E-state index in [1.807, 2.05) is 19.9 Å². The number of rotatable bonds is 5. The molecule has 2 aliphatic carbocycles. The highest BCUT2D eigenvalue weighted by Gasteiger charge is 2.39. The molecule has 2 atom stereocenters. The van der Waals surface area contributed by atoms with Gasteiger partial charge in [0.15, 0.2) is 0 Å². The van der Waals surface area contributed by atoms with E-state index in [-0.39, 0.29) is 17.7 Å². The van der Waals surface area contributed by atoms with Gasteiger partial charge in [-0.1, -0.05) is 17.3 Å². The van der Waals surface area contributed by atoms with E-state index in [0.717, 1.165) is 43.4 Å². The van der Waals surface area contributed by atoms with Crippen LogP contribution in [0.4, 0.5) is 19.1 Å². The van der Waals surface area contributed by atoms with Gasteiger partial charge >= 0.3 is 6.18 Å². The molecule has 0 amide bonds. The van der Waals surface area contributed by atoms with Crippen molar-refractivity contribution in [3.63, 3.8) is 0 Å². The van der Waals surface area contributed by atoms with Gasteiger partial charge in [0, 0.05) is 35.8 Å². The van der Waals surface area contributed by atoms with E-state index in [9.17, 15) is 13.2 Å². The average Bonchev–Trinajstić information content (AvgIpc) is 3.56. The van der Waals surface area contributed by atoms with Gasteiger partial charge in [-0.25, -0.2) is 9.97 Å². The topological polar surface area (TPSA) is 80.0 Å². The van der Waals surface area contributed by atoms with Gasteiger partial charge < -0.3 is 9.84 Å². The minimum atomic E-state index is -4.57. The van der Waals surface area contributed by atoms with Gasteiger partial charge in [-0.3, -0.25) is 9.88 Å². The summed E-state index contributed by atoms with van der Waals surface area (Å²) >= 11 is 0. The zero-order chi connectivity index (χ0) is 25.0. The summed E-state index contributed by atoms with van der Waals surface area (Å²) in [5, 5.41) is 7.30. The van der Waals surface area contributed by atoms with Crippen LogP contribution in [0.15, 0.2) is 28.9 Å². The average molecular weight is 497 g/mol. The summed E-state index contributed by atoms with van der Waals surface area (Å²) < 4.78 is 47.2. The number of alkyl halides is 3. The van der Waals surface area contributed by atoms with E-state index in [1.165, 1.54) is 12.8 Å². The molecule has 10 heteroatoms. The number of allylic oxidation sites excluding steroid dienone is 1. The summed E-state index contributed by atoms with van der Waals surface area (Å²) in [6.07, 6.45) is 2.96. The number of nitrogens with zero attached hydrogens (tertiary/aromatic N) is 5. The van der Waals surface area contributed by atoms with E-state index < -0.39 is 11.7 Å². The maximum atomic E-state index is 14.0. The van der Waals surface area contributed by atoms with E-state index >= 15 is 0 Å². The van der Waals surface area contributed by atoms with Crippen LogP contribution >= 0.6 is 0 Å². The van der Waals surface area contributed by atoms with Crippen molar-refractivity contribution in [2.45, 2.75) is 64.2 Å². The molecule has 0 radical (unpaired) electrons. The minimum absolute atomic E-state index is 0.109. The zero-order valence-corrected chi connectivity index (χ0v) is 20.2. The van der Waals surface area contributed by atoms with Crippen molar-refractivity contribution in [1.82, 2.24) is 25.0 Å². The number of aromatic nitrogens is 4. The number of aryl methyl sites for hydroxylation is 2. The Balaban J connectivity index is 1.32. The predicted octanol–water partition coefficient (Wildman–Crippen LogP) is 5.19. The molecule has 3 aromatic rings. The molecule has 1 saturated heterocycles. The van der Waals surface area contributed by atoms with Crippen LogP contribution in [0.25, 0.3) is 16.8 Å². The monoisotopic (exact) mass is 496 g/mol. The third-order valence-corrected chi connectivity index (χ3v) is 7.56. The predicted molar refractivity (Wildman–Crippen MR) is 128 cm³/mol. The summed E-state index contributed by atoms with van der Waals surface area (Å²) in [4.78, 5) is 15.7. The van der Waals surface area contributed by atoms with Crippen molar-refractivity contribution < 1.29 is 17.7 Å². The standard InChI is InChI=1S/C26H27F3N6O/c1-14-23(15(2)36-34-14)21-8-5-16-17(6-7-19(16)31-21)24-18(26(27,28)29)13-30-25(33-24)32-20-9-10-22(20)35-11-3-4-12-35/h5-6,8,13,20,22H,3-4,7,9-12H2,1-2H3,(H,30,32,33)/t20-,22-/m0/s1. The number of anilines is 1. The second-order valence-electron chi connectivity index (χ2n) is 9.80. The lowest BCUT2D eigenvalue weighted by Crippen LogP contribution is -2.53. The molecule has 36 heavy (non-hydrogen) atoms. The summed E-state index contributed by atoms with van der Waals surface area (Å²) in [5.74, 6) is 0.891. The fraction of sp³-hybridized carbons (Fsp3) is 0.462. The normalized spacial score (nSPS) is 21.9. The van der Waals surface area contributed by atoms with Crippen LogP contribution in [0.2, 0.25) is 0 Å². The van der Waals surface area contributed by atoms with Crippen LogP contribution in [0.5, 0.6) is 0 Å². The fourth-order valence-electron chi connectivity index (χ4n) is 5.61. The van der Waals surface area contributed by atoms with Crippen molar-refractivity contribution in [3.8, 4) is 11.3 Å². The number of hydrogen-bond donors (Lipinski definition) is 1. The Kier molecular flexibility index (Phi) is 5.59. The van der Waals surface area contributed by atoms with E-state index in [0.29, 0.717) is 40.7 Å². The highest BCUT2D eigenvalue weighted by Crippen LogP contribution is 2.40. The maximum Gasteiger partial charge on any atom is 0.419 e. The summed E-state index contributed by atoms with van der Waals surface area (Å²) in [6.45, 7) is 5.81. The summed E-state index contributed by atoms with van der Waals surface area (Å²) in [7, 11) is 0. The van der Waals surface area contributed by atoms with Gasteiger partial charge in [-0.15, -0.1) is 0 Å². The third kappa shape index (κ3) is 3.97.